The first kappa shape index (κ1) is 30.6. The Hall–Kier alpha value is -3.38. The number of alkyl halides is 3. The van der Waals surface area contributed by atoms with Crippen LogP contribution in [0.2, 0.25) is 10.0 Å². The molecule has 41 heavy (non-hydrogen) atoms. The maximum atomic E-state index is 14.3. The predicted molar refractivity (Wildman–Crippen MR) is 143 cm³/mol. The van der Waals surface area contributed by atoms with Crippen molar-refractivity contribution >= 4 is 52.6 Å². The molecule has 2 aromatic carbocycles. The fourth-order valence-corrected chi connectivity index (χ4v) is 5.44. The van der Waals surface area contributed by atoms with Gasteiger partial charge in [0.1, 0.15) is 17.4 Å². The van der Waals surface area contributed by atoms with Gasteiger partial charge in [-0.15, -0.1) is 0 Å². The Morgan fingerprint density at radius 2 is 1.63 bits per heavy atom. The van der Waals surface area contributed by atoms with Crippen molar-refractivity contribution in [2.75, 3.05) is 25.0 Å². The molecular weight excluding hydrogens is 591 g/mol. The van der Waals surface area contributed by atoms with Gasteiger partial charge in [-0.3, -0.25) is 24.2 Å². The maximum absolute atomic E-state index is 14.3. The lowest BCUT2D eigenvalue weighted by atomic mass is 9.85. The number of likely N-dealkylation sites (N-methyl/N-ethyl adjacent to an activating group) is 1. The number of piperidine rings is 1. The van der Waals surface area contributed by atoms with Gasteiger partial charge in [0.15, 0.2) is 0 Å². The molecule has 14 heteroatoms. The minimum atomic E-state index is -4.79. The Bertz CT molecular complexity index is 1410. The minimum absolute atomic E-state index is 0.0283. The fraction of sp³-hybridized carbons (Fsp3) is 0.407. The molecule has 2 aliphatic rings. The van der Waals surface area contributed by atoms with E-state index in [1.54, 1.807) is 19.9 Å². The summed E-state index contributed by atoms with van der Waals surface area (Å²) in [5.74, 6) is -3.85. The topological polar surface area (TPSA) is 90.0 Å². The van der Waals surface area contributed by atoms with Gasteiger partial charge >= 0.3 is 12.2 Å². The summed E-state index contributed by atoms with van der Waals surface area (Å²) in [7, 11) is 1.36. The van der Waals surface area contributed by atoms with E-state index in [1.165, 1.54) is 29.0 Å². The van der Waals surface area contributed by atoms with Crippen molar-refractivity contribution in [3.8, 4) is 0 Å². The van der Waals surface area contributed by atoms with Crippen LogP contribution in [-0.4, -0.2) is 65.3 Å². The SMILES string of the molecule is CC(C)C(NC(=O)c1cc(C(F)(F)F)ccc1F)C(=O)N1CCC2(CC1)C(=O)N(C)C(=O)N2c1ccc(Cl)c(Cl)c1. The number of rotatable bonds is 5. The molecule has 2 heterocycles. The molecule has 0 aliphatic carbocycles. The Morgan fingerprint density at radius 1 is 1.00 bits per heavy atom. The Morgan fingerprint density at radius 3 is 2.20 bits per heavy atom. The lowest BCUT2D eigenvalue weighted by molar-refractivity contribution is -0.139. The molecule has 2 saturated heterocycles. The smallest absolute Gasteiger partial charge is 0.341 e. The lowest BCUT2D eigenvalue weighted by Crippen LogP contribution is -2.60. The van der Waals surface area contributed by atoms with Crippen LogP contribution in [0.4, 0.5) is 28.0 Å². The highest BCUT2D eigenvalue weighted by Crippen LogP contribution is 2.42. The third-order valence-corrected chi connectivity index (χ3v) is 8.17. The van der Waals surface area contributed by atoms with Crippen molar-refractivity contribution in [2.24, 2.45) is 5.92 Å². The number of benzene rings is 2. The number of amides is 5. The highest BCUT2D eigenvalue weighted by Gasteiger charge is 2.58. The summed E-state index contributed by atoms with van der Waals surface area (Å²) in [6, 6.07) is 4.25. The van der Waals surface area contributed by atoms with Gasteiger partial charge in [-0.05, 0) is 55.2 Å². The van der Waals surface area contributed by atoms with Crippen molar-refractivity contribution in [1.82, 2.24) is 15.1 Å². The number of anilines is 1. The average Bonchev–Trinajstić information content (AvgIpc) is 3.08. The van der Waals surface area contributed by atoms with Crippen LogP contribution >= 0.6 is 23.2 Å². The van der Waals surface area contributed by atoms with Crippen LogP contribution in [-0.2, 0) is 15.8 Å². The third kappa shape index (κ3) is 5.59. The van der Waals surface area contributed by atoms with Crippen molar-refractivity contribution in [1.29, 1.82) is 0 Å². The van der Waals surface area contributed by atoms with Crippen LogP contribution in [0.1, 0.15) is 42.6 Å². The molecule has 2 aliphatic heterocycles. The highest BCUT2D eigenvalue weighted by atomic mass is 35.5. The van der Waals surface area contributed by atoms with E-state index in [2.05, 4.69) is 5.32 Å². The van der Waals surface area contributed by atoms with Gasteiger partial charge < -0.3 is 10.2 Å². The van der Waals surface area contributed by atoms with Gasteiger partial charge in [0.05, 0.1) is 21.2 Å². The second kappa shape index (κ2) is 11.1. The van der Waals surface area contributed by atoms with Gasteiger partial charge in [-0.2, -0.15) is 13.2 Å². The minimum Gasteiger partial charge on any atom is -0.341 e. The molecule has 8 nitrogen and oxygen atoms in total. The summed E-state index contributed by atoms with van der Waals surface area (Å²) < 4.78 is 53.7. The molecule has 0 saturated carbocycles. The molecule has 220 valence electrons. The molecule has 1 N–H and O–H groups in total. The Kier molecular flexibility index (Phi) is 8.30. The van der Waals surface area contributed by atoms with Crippen molar-refractivity contribution in [2.45, 2.75) is 44.4 Å². The van der Waals surface area contributed by atoms with Crippen molar-refractivity contribution < 1.29 is 36.7 Å². The number of likely N-dealkylation sites (tertiary alicyclic amines) is 1. The zero-order valence-corrected chi connectivity index (χ0v) is 23.7. The number of hydrogen-bond acceptors (Lipinski definition) is 4. The molecular formula is C27H26Cl2F4N4O4. The summed E-state index contributed by atoms with van der Waals surface area (Å²) in [4.78, 5) is 56.5. The van der Waals surface area contributed by atoms with Crippen LogP contribution in [0.25, 0.3) is 0 Å². The molecule has 0 bridgehead atoms. The molecule has 1 unspecified atom stereocenters. The number of imide groups is 1. The lowest BCUT2D eigenvalue weighted by Gasteiger charge is -2.43. The normalized spacial score (nSPS) is 18.0. The van der Waals surface area contributed by atoms with E-state index < -0.39 is 64.4 Å². The molecule has 2 aromatic rings. The summed E-state index contributed by atoms with van der Waals surface area (Å²) in [6.45, 7) is 3.30. The van der Waals surface area contributed by atoms with E-state index >= 15 is 0 Å². The number of nitrogens with one attached hydrogen (secondary N) is 1. The van der Waals surface area contributed by atoms with Gasteiger partial charge in [-0.1, -0.05) is 37.0 Å². The first-order valence-corrected chi connectivity index (χ1v) is 13.4. The molecule has 1 atom stereocenters. The number of hydrogen-bond donors (Lipinski definition) is 1. The van der Waals surface area contributed by atoms with Crippen molar-refractivity contribution in [3.05, 3.63) is 63.4 Å². The number of halogens is 6. The van der Waals surface area contributed by atoms with E-state index in [4.69, 9.17) is 23.2 Å². The Balaban J connectivity index is 1.54. The third-order valence-electron chi connectivity index (χ3n) is 7.43. The van der Waals surface area contributed by atoms with Crippen molar-refractivity contribution in [3.63, 3.8) is 0 Å². The number of carbonyl (C=O) groups is 4. The average molecular weight is 617 g/mol. The monoisotopic (exact) mass is 616 g/mol. The van der Waals surface area contributed by atoms with E-state index in [1.807, 2.05) is 0 Å². The highest BCUT2D eigenvalue weighted by molar-refractivity contribution is 6.42. The van der Waals surface area contributed by atoms with Crippen LogP contribution in [0.3, 0.4) is 0 Å². The number of nitrogens with zero attached hydrogens (tertiary/aromatic N) is 3. The molecule has 0 aromatic heterocycles. The van der Waals surface area contributed by atoms with Crippen LogP contribution in [0, 0.1) is 11.7 Å². The molecule has 5 amide bonds. The molecule has 4 rings (SSSR count). The van der Waals surface area contributed by atoms with Crippen LogP contribution in [0.5, 0.6) is 0 Å². The molecule has 1 spiro atoms. The first-order chi connectivity index (χ1) is 19.1. The van der Waals surface area contributed by atoms with Gasteiger partial charge in [0.25, 0.3) is 11.8 Å². The second-order valence-electron chi connectivity index (χ2n) is 10.3. The summed E-state index contributed by atoms with van der Waals surface area (Å²) >= 11 is 12.2. The Labute approximate surface area is 243 Å². The van der Waals surface area contributed by atoms with E-state index in [-0.39, 0.29) is 36.0 Å². The largest absolute Gasteiger partial charge is 0.416 e. The van der Waals surface area contributed by atoms with Gasteiger partial charge in [0, 0.05) is 25.8 Å². The quantitative estimate of drug-likeness (QED) is 0.361. The molecule has 2 fully saturated rings. The standard InChI is InChI=1S/C27H26Cl2F4N4O4/c1-14(2)21(34-22(38)17-12-15(27(31,32)33)4-7-20(17)30)23(39)36-10-8-26(9-11-36)24(40)35(3)25(41)37(26)16-5-6-18(28)19(29)13-16/h4-7,12-14,21H,8-11H2,1-3H3,(H,34,38). The summed E-state index contributed by atoms with van der Waals surface area (Å²) in [5, 5.41) is 2.83. The zero-order valence-electron chi connectivity index (χ0n) is 22.2. The maximum Gasteiger partial charge on any atom is 0.416 e. The van der Waals surface area contributed by atoms with E-state index in [0.717, 1.165) is 4.90 Å². The summed E-state index contributed by atoms with van der Waals surface area (Å²) in [6.07, 6.45) is -4.66. The fourth-order valence-electron chi connectivity index (χ4n) is 5.15. The first-order valence-electron chi connectivity index (χ1n) is 12.6. The summed E-state index contributed by atoms with van der Waals surface area (Å²) in [5.41, 5.74) is -2.98. The van der Waals surface area contributed by atoms with Gasteiger partial charge in [-0.25, -0.2) is 9.18 Å². The zero-order chi connectivity index (χ0) is 30.4. The predicted octanol–water partition coefficient (Wildman–Crippen LogP) is 5.37. The van der Waals surface area contributed by atoms with Crippen LogP contribution in [0.15, 0.2) is 36.4 Å². The van der Waals surface area contributed by atoms with E-state index in [0.29, 0.717) is 23.9 Å². The second-order valence-corrected chi connectivity index (χ2v) is 11.1. The van der Waals surface area contributed by atoms with E-state index in [9.17, 15) is 36.7 Å². The number of carbonyl (C=O) groups excluding carboxylic acids is 4. The van der Waals surface area contributed by atoms with Gasteiger partial charge in [0.2, 0.25) is 5.91 Å². The van der Waals surface area contributed by atoms with Crippen LogP contribution < -0.4 is 10.2 Å². The number of urea groups is 1. The molecule has 0 radical (unpaired) electrons.